The van der Waals surface area contributed by atoms with Crippen molar-refractivity contribution in [3.8, 4) is 17.2 Å². The summed E-state index contributed by atoms with van der Waals surface area (Å²) in [6.07, 6.45) is 3.65. The molecule has 11 heteroatoms. The summed E-state index contributed by atoms with van der Waals surface area (Å²) >= 11 is 0. The Morgan fingerprint density at radius 1 is 1.12 bits per heavy atom. The summed E-state index contributed by atoms with van der Waals surface area (Å²) in [6.45, 7) is 9.51. The van der Waals surface area contributed by atoms with Gasteiger partial charge in [-0.05, 0) is 24.3 Å². The number of ether oxygens (including phenoxy) is 3. The van der Waals surface area contributed by atoms with Crippen molar-refractivity contribution in [2.75, 3.05) is 33.4 Å². The molecule has 2 aliphatic rings. The summed E-state index contributed by atoms with van der Waals surface area (Å²) in [6, 6.07) is 6.84. The number of piperidine rings is 1. The van der Waals surface area contributed by atoms with E-state index in [4.69, 9.17) is 14.2 Å². The fourth-order valence-corrected chi connectivity index (χ4v) is 5.77. The van der Waals surface area contributed by atoms with Crippen LogP contribution in [0.3, 0.4) is 0 Å². The number of hydrogen-bond donors (Lipinski definition) is 1. The highest BCUT2D eigenvalue weighted by atomic mass is 16.6. The Balaban J connectivity index is 1.33. The number of amides is 1. The summed E-state index contributed by atoms with van der Waals surface area (Å²) in [4.78, 5) is 38.0. The number of pyridine rings is 3. The van der Waals surface area contributed by atoms with Crippen LogP contribution in [0, 0.1) is 5.41 Å². The van der Waals surface area contributed by atoms with E-state index in [1.807, 2.05) is 6.07 Å². The van der Waals surface area contributed by atoms with Gasteiger partial charge in [-0.2, -0.15) is 0 Å². The van der Waals surface area contributed by atoms with Crippen molar-refractivity contribution in [2.24, 2.45) is 5.41 Å². The molecule has 1 saturated heterocycles. The number of hydrogen-bond acceptors (Lipinski definition) is 8. The molecule has 214 valence electrons. The molecule has 2 unspecified atom stereocenters. The highest BCUT2D eigenvalue weighted by Crippen LogP contribution is 2.35. The number of likely N-dealkylation sites (tertiary alicyclic amines) is 1. The molecule has 0 radical (unpaired) electrons. The van der Waals surface area contributed by atoms with Gasteiger partial charge in [0.25, 0.3) is 5.56 Å². The highest BCUT2D eigenvalue weighted by molar-refractivity contribution is 5.75. The van der Waals surface area contributed by atoms with E-state index in [-0.39, 0.29) is 29.6 Å². The number of aromatic nitrogens is 3. The van der Waals surface area contributed by atoms with Gasteiger partial charge in [-0.25, -0.2) is 4.79 Å². The molecule has 0 aliphatic carbocycles. The van der Waals surface area contributed by atoms with Crippen molar-refractivity contribution >= 4 is 17.1 Å². The first kappa shape index (κ1) is 27.7. The second kappa shape index (κ2) is 11.3. The van der Waals surface area contributed by atoms with Crippen molar-refractivity contribution in [1.82, 2.24) is 24.3 Å². The molecular formula is C29H37N5O6. The minimum atomic E-state index is -0.966. The van der Waals surface area contributed by atoms with Gasteiger partial charge in [0.15, 0.2) is 11.5 Å². The van der Waals surface area contributed by atoms with E-state index in [0.29, 0.717) is 68.6 Å². The average Bonchev–Trinajstić information content (AvgIpc) is 2.94. The molecule has 5 rings (SSSR count). The fraction of sp³-hybridized carbons (Fsp3) is 0.517. The lowest BCUT2D eigenvalue weighted by Crippen LogP contribution is -2.55. The van der Waals surface area contributed by atoms with Crippen molar-refractivity contribution in [1.29, 1.82) is 0 Å². The molecule has 0 spiro atoms. The maximum Gasteiger partial charge on any atom is 0.407 e. The second-order valence-corrected chi connectivity index (χ2v) is 11.4. The topological polar surface area (TPSA) is 119 Å². The third-order valence-corrected chi connectivity index (χ3v) is 7.85. The molecule has 0 aromatic carbocycles. The fourth-order valence-electron chi connectivity index (χ4n) is 5.77. The first-order chi connectivity index (χ1) is 19.1. The first-order valence-corrected chi connectivity index (χ1v) is 13.7. The Labute approximate surface area is 233 Å². The summed E-state index contributed by atoms with van der Waals surface area (Å²) < 4.78 is 18.3. The predicted octanol–water partition coefficient (Wildman–Crippen LogP) is 3.63. The van der Waals surface area contributed by atoms with Crippen molar-refractivity contribution in [3.63, 3.8) is 0 Å². The van der Waals surface area contributed by atoms with E-state index in [1.165, 1.54) is 4.90 Å². The van der Waals surface area contributed by atoms with Gasteiger partial charge in [-0.3, -0.25) is 24.6 Å². The van der Waals surface area contributed by atoms with E-state index in [2.05, 4.69) is 35.6 Å². The van der Waals surface area contributed by atoms with E-state index in [1.54, 1.807) is 42.3 Å². The SMILES string of the molecule is COc1cnc2ccc(=O)n(CCN3CCC(N(Cc4cc5c(cn4)OCCO5)C(=O)O)CC3C(C)(C)C)c2c1. The van der Waals surface area contributed by atoms with Crippen molar-refractivity contribution in [2.45, 2.75) is 58.8 Å². The third kappa shape index (κ3) is 5.84. The van der Waals surface area contributed by atoms with E-state index >= 15 is 0 Å². The van der Waals surface area contributed by atoms with Crippen LogP contribution in [0.4, 0.5) is 4.79 Å². The second-order valence-electron chi connectivity index (χ2n) is 11.4. The smallest absolute Gasteiger partial charge is 0.407 e. The molecular weight excluding hydrogens is 514 g/mol. The maximum atomic E-state index is 12.8. The van der Waals surface area contributed by atoms with Gasteiger partial charge >= 0.3 is 6.09 Å². The Kier molecular flexibility index (Phi) is 7.84. The number of methoxy groups -OCH3 is 1. The van der Waals surface area contributed by atoms with Crippen LogP contribution in [-0.2, 0) is 13.1 Å². The molecule has 2 aliphatic heterocycles. The quantitative estimate of drug-likeness (QED) is 0.469. The predicted molar refractivity (Wildman–Crippen MR) is 149 cm³/mol. The lowest BCUT2D eigenvalue weighted by molar-refractivity contribution is 0.0128. The van der Waals surface area contributed by atoms with Gasteiger partial charge in [0, 0.05) is 49.9 Å². The Morgan fingerprint density at radius 3 is 2.62 bits per heavy atom. The maximum absolute atomic E-state index is 12.8. The molecule has 3 aromatic rings. The van der Waals surface area contributed by atoms with Crippen LogP contribution in [0.1, 0.15) is 39.3 Å². The minimum Gasteiger partial charge on any atom is -0.495 e. The van der Waals surface area contributed by atoms with Gasteiger partial charge in [0.2, 0.25) is 0 Å². The molecule has 2 atom stereocenters. The van der Waals surface area contributed by atoms with Crippen LogP contribution < -0.4 is 19.8 Å². The van der Waals surface area contributed by atoms with Crippen LogP contribution in [0.2, 0.25) is 0 Å². The minimum absolute atomic E-state index is 0.0891. The molecule has 3 aromatic heterocycles. The first-order valence-electron chi connectivity index (χ1n) is 13.7. The monoisotopic (exact) mass is 551 g/mol. The van der Waals surface area contributed by atoms with Gasteiger partial charge in [0.05, 0.1) is 42.8 Å². The summed E-state index contributed by atoms with van der Waals surface area (Å²) in [5, 5.41) is 10.2. The van der Waals surface area contributed by atoms with Gasteiger partial charge in [-0.15, -0.1) is 0 Å². The van der Waals surface area contributed by atoms with Crippen LogP contribution in [0.15, 0.2) is 41.5 Å². The van der Waals surface area contributed by atoms with Crippen molar-refractivity contribution < 1.29 is 24.1 Å². The highest BCUT2D eigenvalue weighted by Gasteiger charge is 2.39. The van der Waals surface area contributed by atoms with Gasteiger partial charge in [-0.1, -0.05) is 20.8 Å². The largest absolute Gasteiger partial charge is 0.495 e. The summed E-state index contributed by atoms with van der Waals surface area (Å²) in [7, 11) is 1.58. The van der Waals surface area contributed by atoms with E-state index < -0.39 is 6.09 Å². The molecule has 1 N–H and O–H groups in total. The van der Waals surface area contributed by atoms with Crippen LogP contribution >= 0.6 is 0 Å². The summed E-state index contributed by atoms with van der Waals surface area (Å²) in [5.41, 5.74) is 1.90. The number of carbonyl (C=O) groups is 1. The van der Waals surface area contributed by atoms with Gasteiger partial charge in [0.1, 0.15) is 19.0 Å². The summed E-state index contributed by atoms with van der Waals surface area (Å²) in [5.74, 6) is 1.78. The molecule has 0 bridgehead atoms. The standard InChI is InChI=1S/C29H37N5O6/c1-29(2,3)26-14-20(34(28(36)37)18-19-13-24-25(17-30-19)40-12-11-39-24)7-8-32(26)9-10-33-23-15-21(38-4)16-31-22(23)5-6-27(33)35/h5-6,13,15-17,20,26H,7-12,14,18H2,1-4H3,(H,36,37). The number of nitrogens with zero attached hydrogens (tertiary/aromatic N) is 5. The van der Waals surface area contributed by atoms with E-state index in [0.717, 1.165) is 11.0 Å². The molecule has 40 heavy (non-hydrogen) atoms. The number of fused-ring (bicyclic) bond motifs is 2. The average molecular weight is 552 g/mol. The molecule has 11 nitrogen and oxygen atoms in total. The lowest BCUT2D eigenvalue weighted by Gasteiger charge is -2.48. The molecule has 5 heterocycles. The zero-order chi connectivity index (χ0) is 28.4. The normalized spacial score (nSPS) is 19.4. The zero-order valence-corrected chi connectivity index (χ0v) is 23.5. The Morgan fingerprint density at radius 2 is 1.90 bits per heavy atom. The number of rotatable bonds is 7. The molecule has 0 saturated carbocycles. The van der Waals surface area contributed by atoms with Crippen LogP contribution in [0.5, 0.6) is 17.2 Å². The molecule has 1 fully saturated rings. The van der Waals surface area contributed by atoms with Crippen LogP contribution in [-0.4, -0.2) is 81.0 Å². The van der Waals surface area contributed by atoms with Crippen LogP contribution in [0.25, 0.3) is 11.0 Å². The number of carboxylic acid groups (broad SMARTS) is 1. The lowest BCUT2D eigenvalue weighted by atomic mass is 9.78. The third-order valence-electron chi connectivity index (χ3n) is 7.85. The van der Waals surface area contributed by atoms with Gasteiger partial charge < -0.3 is 23.9 Å². The Bertz CT molecular complexity index is 1430. The molecule has 1 amide bonds. The zero-order valence-electron chi connectivity index (χ0n) is 23.5. The Hall–Kier alpha value is -3.86. The van der Waals surface area contributed by atoms with Crippen molar-refractivity contribution in [3.05, 3.63) is 52.7 Å². The van der Waals surface area contributed by atoms with E-state index in [9.17, 15) is 14.7 Å².